The molecule has 0 radical (unpaired) electrons. The van der Waals surface area contributed by atoms with E-state index in [0.717, 1.165) is 11.8 Å². The van der Waals surface area contributed by atoms with Crippen LogP contribution in [0.5, 0.6) is 0 Å². The number of aromatic amines is 1. The number of pyridine rings is 1. The number of nitrogens with one attached hydrogen (secondary N) is 2. The van der Waals surface area contributed by atoms with Gasteiger partial charge < -0.3 is 11.1 Å². The molecule has 1 aromatic carbocycles. The molecule has 1 amide bonds. The molecule has 0 bridgehead atoms. The number of nitriles is 2. The fraction of sp³-hybridized carbons (Fsp3) is 0.158. The maximum Gasteiger partial charge on any atom is 0.435 e. The van der Waals surface area contributed by atoms with E-state index in [1.807, 2.05) is 12.1 Å². The maximum absolute atomic E-state index is 13.8. The first-order chi connectivity index (χ1) is 14.8. The Kier molecular flexibility index (Phi) is 6.04. The van der Waals surface area contributed by atoms with Gasteiger partial charge in [-0.25, -0.2) is 14.2 Å². The number of thioether (sulfide) groups is 1. The van der Waals surface area contributed by atoms with Crippen LogP contribution in [0.3, 0.4) is 0 Å². The molecule has 31 heavy (non-hydrogen) atoms. The molecule has 0 saturated carbocycles. The van der Waals surface area contributed by atoms with Crippen LogP contribution in [0.2, 0.25) is 0 Å². The van der Waals surface area contributed by atoms with Crippen LogP contribution in [-0.2, 0) is 11.8 Å². The van der Waals surface area contributed by atoms with E-state index in [0.29, 0.717) is 0 Å². The number of H-pyrrole nitrogens is 1. The number of hydrogen-bond acceptors (Lipinski definition) is 8. The number of rotatable bonds is 5. The number of halogens is 1. The van der Waals surface area contributed by atoms with E-state index in [9.17, 15) is 24.5 Å². The van der Waals surface area contributed by atoms with Gasteiger partial charge in [0.1, 0.15) is 39.9 Å². The van der Waals surface area contributed by atoms with Crippen LogP contribution in [-0.4, -0.2) is 21.4 Å². The highest BCUT2D eigenvalue weighted by molar-refractivity contribution is 8.00. The minimum atomic E-state index is -0.823. The quantitative estimate of drug-likeness (QED) is 0.396. The first kappa shape index (κ1) is 21.5. The summed E-state index contributed by atoms with van der Waals surface area (Å²) in [6, 6.07) is 9.45. The summed E-state index contributed by atoms with van der Waals surface area (Å²) >= 11 is 0.875. The summed E-state index contributed by atoms with van der Waals surface area (Å²) in [5.74, 6) is -1.36. The van der Waals surface area contributed by atoms with E-state index < -0.39 is 22.6 Å². The van der Waals surface area contributed by atoms with Crippen molar-refractivity contribution in [3.05, 3.63) is 51.6 Å². The number of para-hydroxylation sites is 1. The minimum absolute atomic E-state index is 0.00500. The predicted octanol–water partition coefficient (Wildman–Crippen LogP) is 1.44. The van der Waals surface area contributed by atoms with E-state index in [2.05, 4.69) is 15.6 Å². The number of hydrogen-bond donors (Lipinski definition) is 3. The highest BCUT2D eigenvalue weighted by Gasteiger charge is 2.32. The average Bonchev–Trinajstić information content (AvgIpc) is 3.07. The SMILES string of the molecule is CC(Sc1nc(N)c(C#N)c(-c2c(=O)o[nH][n+]2C)c1C#N)C(=O)Nc1ccccc1F. The van der Waals surface area contributed by atoms with E-state index in [-0.39, 0.29) is 38.9 Å². The van der Waals surface area contributed by atoms with Gasteiger partial charge in [0.25, 0.3) is 0 Å². The number of carbonyl (C=O) groups excluding carboxylic acids is 1. The lowest BCUT2D eigenvalue weighted by Gasteiger charge is -2.14. The molecule has 12 heteroatoms. The Balaban J connectivity index is 2.04. The first-order valence-corrected chi connectivity index (χ1v) is 9.60. The van der Waals surface area contributed by atoms with Crippen LogP contribution in [0.1, 0.15) is 18.1 Å². The Labute approximate surface area is 179 Å². The number of benzene rings is 1. The molecule has 0 aliphatic rings. The summed E-state index contributed by atoms with van der Waals surface area (Å²) in [4.78, 5) is 28.8. The molecule has 3 rings (SSSR count). The number of amides is 1. The molecule has 0 aliphatic carbocycles. The molecule has 2 heterocycles. The Morgan fingerprint density at radius 2 is 2.03 bits per heavy atom. The Morgan fingerprint density at radius 3 is 2.61 bits per heavy atom. The van der Waals surface area contributed by atoms with Crippen molar-refractivity contribution in [1.29, 1.82) is 10.5 Å². The summed E-state index contributed by atoms with van der Waals surface area (Å²) in [5, 5.41) is 23.3. The van der Waals surface area contributed by atoms with Crippen molar-refractivity contribution in [1.82, 2.24) is 10.3 Å². The Bertz CT molecular complexity index is 1320. The van der Waals surface area contributed by atoms with Gasteiger partial charge in [-0.15, -0.1) is 0 Å². The first-order valence-electron chi connectivity index (χ1n) is 8.72. The number of aromatic nitrogens is 3. The molecule has 1 unspecified atom stereocenters. The van der Waals surface area contributed by atoms with Crippen molar-refractivity contribution < 1.29 is 18.4 Å². The van der Waals surface area contributed by atoms with Gasteiger partial charge in [0.2, 0.25) is 5.91 Å². The number of nitrogens with two attached hydrogens (primary N) is 1. The highest BCUT2D eigenvalue weighted by atomic mass is 32.2. The second kappa shape index (κ2) is 8.69. The third-order valence-corrected chi connectivity index (χ3v) is 5.33. The number of nitrogen functional groups attached to an aromatic ring is 1. The Hall–Kier alpha value is -4.16. The number of anilines is 2. The number of nitrogens with zero attached hydrogens (tertiary/aromatic N) is 4. The molecule has 156 valence electrons. The molecule has 0 fully saturated rings. The molecule has 3 aromatic rings. The van der Waals surface area contributed by atoms with E-state index >= 15 is 0 Å². The van der Waals surface area contributed by atoms with Gasteiger partial charge in [0.15, 0.2) is 7.05 Å². The van der Waals surface area contributed by atoms with Crippen LogP contribution in [0, 0.1) is 28.5 Å². The average molecular weight is 440 g/mol. The molecule has 1 atom stereocenters. The standard InChI is InChI=1S/C19H14FN7O3S/c1-9(17(28)24-13-6-4-3-5-12(13)20)31-18-11(8-22)14(10(7-21)16(23)25-18)15-19(29)30-26-27(15)2/h3-6,9H,1-2H3,(H3-,23,24,25,26,28,29)/p+1. The lowest BCUT2D eigenvalue weighted by molar-refractivity contribution is -0.730. The minimum Gasteiger partial charge on any atom is -0.383 e. The lowest BCUT2D eigenvalue weighted by Crippen LogP contribution is -2.34. The second-order valence-electron chi connectivity index (χ2n) is 6.27. The second-order valence-corrected chi connectivity index (χ2v) is 7.60. The molecular formula is C19H15FN7O3S+. The predicted molar refractivity (Wildman–Crippen MR) is 108 cm³/mol. The van der Waals surface area contributed by atoms with Gasteiger partial charge in [-0.2, -0.15) is 10.5 Å². The van der Waals surface area contributed by atoms with Crippen molar-refractivity contribution in [2.75, 3.05) is 11.1 Å². The van der Waals surface area contributed by atoms with E-state index in [1.165, 1.54) is 36.9 Å². The van der Waals surface area contributed by atoms with Gasteiger partial charge in [-0.05, 0) is 24.3 Å². The largest absolute Gasteiger partial charge is 0.435 e. The highest BCUT2D eigenvalue weighted by Crippen LogP contribution is 2.35. The van der Waals surface area contributed by atoms with Crippen LogP contribution >= 0.6 is 11.8 Å². The summed E-state index contributed by atoms with van der Waals surface area (Å²) in [5.41, 5.74) is 4.63. The molecule has 0 aliphatic heterocycles. The van der Waals surface area contributed by atoms with Gasteiger partial charge in [0.05, 0.1) is 16.5 Å². The molecular weight excluding hydrogens is 425 g/mol. The molecule has 4 N–H and O–H groups in total. The van der Waals surface area contributed by atoms with Crippen LogP contribution < -0.4 is 21.4 Å². The van der Waals surface area contributed by atoms with Crippen molar-refractivity contribution in [3.8, 4) is 23.4 Å². The Morgan fingerprint density at radius 1 is 1.35 bits per heavy atom. The van der Waals surface area contributed by atoms with Crippen molar-refractivity contribution in [2.45, 2.75) is 17.2 Å². The van der Waals surface area contributed by atoms with E-state index in [1.54, 1.807) is 6.07 Å². The zero-order valence-electron chi connectivity index (χ0n) is 16.3. The van der Waals surface area contributed by atoms with Gasteiger partial charge in [0, 0.05) is 0 Å². The van der Waals surface area contributed by atoms with Crippen LogP contribution in [0.25, 0.3) is 11.3 Å². The number of carbonyl (C=O) groups is 1. The third kappa shape index (κ3) is 4.10. The normalized spacial score (nSPS) is 11.4. The smallest absolute Gasteiger partial charge is 0.383 e. The van der Waals surface area contributed by atoms with Crippen LogP contribution in [0.4, 0.5) is 15.9 Å². The van der Waals surface area contributed by atoms with Crippen molar-refractivity contribution in [3.63, 3.8) is 0 Å². The summed E-state index contributed by atoms with van der Waals surface area (Å²) in [6.45, 7) is 1.53. The fourth-order valence-electron chi connectivity index (χ4n) is 2.75. The number of aryl methyl sites for hydroxylation is 1. The zero-order chi connectivity index (χ0) is 22.7. The molecule has 0 saturated heterocycles. The zero-order valence-corrected chi connectivity index (χ0v) is 17.1. The summed E-state index contributed by atoms with van der Waals surface area (Å²) in [6.07, 6.45) is 0. The van der Waals surface area contributed by atoms with Crippen LogP contribution in [0.15, 0.2) is 38.6 Å². The van der Waals surface area contributed by atoms with Crippen molar-refractivity contribution >= 4 is 29.2 Å². The maximum atomic E-state index is 13.8. The molecule has 10 nitrogen and oxygen atoms in total. The van der Waals surface area contributed by atoms with Gasteiger partial charge >= 0.3 is 11.3 Å². The molecule has 2 aromatic heterocycles. The topological polar surface area (TPSA) is 165 Å². The summed E-state index contributed by atoms with van der Waals surface area (Å²) < 4.78 is 19.7. The van der Waals surface area contributed by atoms with Gasteiger partial charge in [-0.1, -0.05) is 28.6 Å². The fourth-order valence-corrected chi connectivity index (χ4v) is 3.67. The monoisotopic (exact) mass is 440 g/mol. The van der Waals surface area contributed by atoms with E-state index in [4.69, 9.17) is 10.3 Å². The van der Waals surface area contributed by atoms with Gasteiger partial charge in [-0.3, -0.25) is 9.32 Å². The third-order valence-electron chi connectivity index (χ3n) is 4.25. The lowest BCUT2D eigenvalue weighted by atomic mass is 10.0. The summed E-state index contributed by atoms with van der Waals surface area (Å²) in [7, 11) is 1.45. The van der Waals surface area contributed by atoms with Crippen molar-refractivity contribution in [2.24, 2.45) is 7.05 Å². The molecule has 0 spiro atoms.